The minimum Gasteiger partial charge on any atom is -0.337 e. The Morgan fingerprint density at radius 3 is 2.38 bits per heavy atom. The number of benzene rings is 1. The number of hydrogen-bond donors (Lipinski definition) is 1. The zero-order chi connectivity index (χ0) is 32.4. The van der Waals surface area contributed by atoms with Gasteiger partial charge in [0.15, 0.2) is 5.78 Å². The molecule has 2 bridgehead atoms. The fourth-order valence-electron chi connectivity index (χ4n) is 7.09. The number of aromatic nitrogens is 4. The lowest BCUT2D eigenvalue weighted by molar-refractivity contribution is -0.141. The molecule has 1 aromatic carbocycles. The molecule has 6 rings (SSSR count). The SMILES string of the molecule is CC(=O)c1cn(CC(=O)N2C3CCC([C@@H]3C)[C@H]2C(=O)Nc2nc(C(F)(F)F)ccc2C)c2c(C)cc(-c3cnc(C)nc3)cc12. The van der Waals surface area contributed by atoms with Gasteiger partial charge in [0.05, 0.1) is 5.52 Å². The number of carbonyl (C=O) groups is 3. The van der Waals surface area contributed by atoms with Crippen LogP contribution >= 0.6 is 0 Å². The summed E-state index contributed by atoms with van der Waals surface area (Å²) in [5.74, 6) is -0.645. The third kappa shape index (κ3) is 5.36. The molecule has 2 amide bonds. The number of halogens is 3. The van der Waals surface area contributed by atoms with E-state index in [0.717, 1.165) is 41.1 Å². The number of alkyl halides is 3. The number of anilines is 1. The van der Waals surface area contributed by atoms with Gasteiger partial charge < -0.3 is 14.8 Å². The van der Waals surface area contributed by atoms with E-state index in [-0.39, 0.29) is 41.9 Å². The van der Waals surface area contributed by atoms with Crippen LogP contribution < -0.4 is 5.32 Å². The van der Waals surface area contributed by atoms with E-state index in [1.165, 1.54) is 13.0 Å². The van der Waals surface area contributed by atoms with Crippen LogP contribution in [-0.2, 0) is 22.3 Å². The van der Waals surface area contributed by atoms with E-state index in [1.807, 2.05) is 26.0 Å². The van der Waals surface area contributed by atoms with Crippen LogP contribution in [0.1, 0.15) is 59.7 Å². The summed E-state index contributed by atoms with van der Waals surface area (Å²) < 4.78 is 41.8. The van der Waals surface area contributed by atoms with Crippen LogP contribution in [0, 0.1) is 32.6 Å². The molecule has 9 nitrogen and oxygen atoms in total. The van der Waals surface area contributed by atoms with Crippen molar-refractivity contribution in [3.8, 4) is 11.1 Å². The van der Waals surface area contributed by atoms with Crippen LogP contribution in [-0.4, -0.2) is 54.1 Å². The van der Waals surface area contributed by atoms with Gasteiger partial charge in [-0.25, -0.2) is 15.0 Å². The van der Waals surface area contributed by atoms with E-state index in [9.17, 15) is 27.6 Å². The first-order chi connectivity index (χ1) is 21.2. The number of ketones is 1. The number of fused-ring (bicyclic) bond motifs is 3. The van der Waals surface area contributed by atoms with Gasteiger partial charge in [0.25, 0.3) is 0 Å². The van der Waals surface area contributed by atoms with Gasteiger partial charge in [-0.1, -0.05) is 13.0 Å². The fourth-order valence-corrected chi connectivity index (χ4v) is 7.09. The number of amides is 2. The summed E-state index contributed by atoms with van der Waals surface area (Å²) in [6.07, 6.45) is 1.92. The van der Waals surface area contributed by atoms with Gasteiger partial charge in [0, 0.05) is 41.1 Å². The lowest BCUT2D eigenvalue weighted by Crippen LogP contribution is -2.52. The van der Waals surface area contributed by atoms with E-state index in [1.54, 1.807) is 41.9 Å². The number of carbonyl (C=O) groups excluding carboxylic acids is 3. The van der Waals surface area contributed by atoms with Crippen LogP contribution in [0.4, 0.5) is 19.0 Å². The molecule has 2 aliphatic rings. The summed E-state index contributed by atoms with van der Waals surface area (Å²) in [6.45, 7) is 8.64. The molecule has 2 fully saturated rings. The van der Waals surface area contributed by atoms with Crippen molar-refractivity contribution in [3.05, 3.63) is 71.1 Å². The minimum atomic E-state index is -4.67. The molecule has 1 saturated heterocycles. The van der Waals surface area contributed by atoms with Crippen molar-refractivity contribution in [2.45, 2.75) is 72.3 Å². The number of nitrogens with zero attached hydrogens (tertiary/aromatic N) is 5. The lowest BCUT2D eigenvalue weighted by atomic mass is 9.93. The minimum absolute atomic E-state index is 0.0375. The van der Waals surface area contributed by atoms with Crippen LogP contribution in [0.3, 0.4) is 0 Å². The molecule has 3 aromatic heterocycles. The van der Waals surface area contributed by atoms with E-state index in [4.69, 9.17) is 0 Å². The van der Waals surface area contributed by atoms with Crippen molar-refractivity contribution >= 4 is 34.3 Å². The maximum absolute atomic E-state index is 14.1. The van der Waals surface area contributed by atoms with Crippen LogP contribution in [0.5, 0.6) is 0 Å². The predicted octanol–water partition coefficient (Wildman–Crippen LogP) is 5.90. The Morgan fingerprint density at radius 2 is 1.71 bits per heavy atom. The van der Waals surface area contributed by atoms with Crippen molar-refractivity contribution < 1.29 is 27.6 Å². The average molecular weight is 619 g/mol. The Kier molecular flexibility index (Phi) is 7.49. The Bertz CT molecular complexity index is 1850. The molecule has 0 radical (unpaired) electrons. The second-order valence-electron chi connectivity index (χ2n) is 12.2. The molecule has 2 unspecified atom stereocenters. The van der Waals surface area contributed by atoms with Gasteiger partial charge in [0.2, 0.25) is 11.8 Å². The van der Waals surface area contributed by atoms with Crippen LogP contribution in [0.25, 0.3) is 22.0 Å². The average Bonchev–Trinajstić information content (AvgIpc) is 3.62. The van der Waals surface area contributed by atoms with Gasteiger partial charge in [-0.15, -0.1) is 0 Å². The summed E-state index contributed by atoms with van der Waals surface area (Å²) in [5.41, 5.74) is 2.96. The normalized spacial score (nSPS) is 21.0. The number of piperidine rings is 1. The molecular weight excluding hydrogens is 585 g/mol. The second kappa shape index (κ2) is 11.1. The molecule has 12 heteroatoms. The number of hydrogen-bond acceptors (Lipinski definition) is 6. The predicted molar refractivity (Wildman–Crippen MR) is 161 cm³/mol. The quantitative estimate of drug-likeness (QED) is 0.270. The Hall–Kier alpha value is -4.61. The highest BCUT2D eigenvalue weighted by Crippen LogP contribution is 2.47. The highest BCUT2D eigenvalue weighted by Gasteiger charge is 2.55. The number of aryl methyl sites for hydroxylation is 3. The van der Waals surface area contributed by atoms with Gasteiger partial charge in [0.1, 0.15) is 29.9 Å². The van der Waals surface area contributed by atoms with Crippen LogP contribution in [0.2, 0.25) is 0 Å². The number of pyridine rings is 1. The topological polar surface area (TPSA) is 110 Å². The first-order valence-corrected chi connectivity index (χ1v) is 14.8. The molecule has 1 aliphatic carbocycles. The van der Waals surface area contributed by atoms with Gasteiger partial charge in [-0.3, -0.25) is 14.4 Å². The summed E-state index contributed by atoms with van der Waals surface area (Å²) in [4.78, 5) is 54.3. The highest BCUT2D eigenvalue weighted by molar-refractivity contribution is 6.09. The molecule has 234 valence electrons. The molecular formula is C33H33F3N6O3. The first kappa shape index (κ1) is 30.4. The standard InChI is InChI=1S/C33H33F3N6O3/c1-16-6-9-27(33(34,35)36)39-31(16)40-32(45)30-23-7-8-26(18(23)3)42(30)28(44)15-41-14-25(19(4)43)24-11-21(10-17(2)29(24)41)22-12-37-20(5)38-13-22/h6,9-14,18,23,26,30H,7-8,15H2,1-5H3,(H,39,40,45)/t18-,23?,26?,30-/m0/s1. The molecule has 0 spiro atoms. The summed E-state index contributed by atoms with van der Waals surface area (Å²) in [6, 6.07) is 4.95. The summed E-state index contributed by atoms with van der Waals surface area (Å²) in [5, 5.41) is 3.29. The monoisotopic (exact) mass is 618 g/mol. The lowest BCUT2D eigenvalue weighted by Gasteiger charge is -2.34. The maximum atomic E-state index is 14.1. The van der Waals surface area contributed by atoms with E-state index >= 15 is 0 Å². The summed E-state index contributed by atoms with van der Waals surface area (Å²) in [7, 11) is 0. The third-order valence-corrected chi connectivity index (χ3v) is 9.29. The van der Waals surface area contributed by atoms with Crippen molar-refractivity contribution in [1.82, 2.24) is 24.4 Å². The molecule has 1 N–H and O–H groups in total. The Morgan fingerprint density at radius 1 is 1.00 bits per heavy atom. The molecule has 4 aromatic rings. The number of likely N-dealkylation sites (tertiary alicyclic amines) is 1. The first-order valence-electron chi connectivity index (χ1n) is 14.8. The zero-order valence-electron chi connectivity index (χ0n) is 25.6. The second-order valence-corrected chi connectivity index (χ2v) is 12.2. The number of Topliss-reactive ketones (excluding diaryl/α,β-unsaturated/α-hetero) is 1. The zero-order valence-corrected chi connectivity index (χ0v) is 25.6. The van der Waals surface area contributed by atoms with Crippen LogP contribution in [0.15, 0.2) is 42.9 Å². The molecule has 1 aliphatic heterocycles. The van der Waals surface area contributed by atoms with Crippen molar-refractivity contribution in [1.29, 1.82) is 0 Å². The smallest absolute Gasteiger partial charge is 0.337 e. The van der Waals surface area contributed by atoms with Gasteiger partial charge in [-0.2, -0.15) is 13.2 Å². The van der Waals surface area contributed by atoms with E-state index < -0.39 is 23.8 Å². The molecule has 4 heterocycles. The Labute approximate surface area is 257 Å². The largest absolute Gasteiger partial charge is 0.433 e. The highest BCUT2D eigenvalue weighted by atomic mass is 19.4. The van der Waals surface area contributed by atoms with E-state index in [2.05, 4.69) is 20.3 Å². The number of rotatable bonds is 6. The Balaban J connectivity index is 1.32. The van der Waals surface area contributed by atoms with Gasteiger partial charge in [-0.05, 0) is 87.3 Å². The fraction of sp³-hybridized carbons (Fsp3) is 0.394. The third-order valence-electron chi connectivity index (χ3n) is 9.29. The molecule has 1 saturated carbocycles. The maximum Gasteiger partial charge on any atom is 0.433 e. The van der Waals surface area contributed by atoms with Crippen molar-refractivity contribution in [3.63, 3.8) is 0 Å². The van der Waals surface area contributed by atoms with E-state index in [0.29, 0.717) is 22.3 Å². The molecule has 4 atom stereocenters. The van der Waals surface area contributed by atoms with Gasteiger partial charge >= 0.3 is 6.18 Å². The van der Waals surface area contributed by atoms with Crippen molar-refractivity contribution in [2.75, 3.05) is 5.32 Å². The number of nitrogens with one attached hydrogen (secondary N) is 1. The van der Waals surface area contributed by atoms with Crippen molar-refractivity contribution in [2.24, 2.45) is 11.8 Å². The molecule has 45 heavy (non-hydrogen) atoms. The summed E-state index contributed by atoms with van der Waals surface area (Å²) >= 11 is 0.